The van der Waals surface area contributed by atoms with Crippen LogP contribution in [0.4, 0.5) is 4.39 Å². The van der Waals surface area contributed by atoms with Crippen LogP contribution in [0.25, 0.3) is 0 Å². The zero-order valence-corrected chi connectivity index (χ0v) is 10.1. The van der Waals surface area contributed by atoms with Crippen LogP contribution >= 0.6 is 11.8 Å². The predicted octanol–water partition coefficient (Wildman–Crippen LogP) is 3.20. The molecule has 1 N–H and O–H groups in total. The van der Waals surface area contributed by atoms with Crippen LogP contribution in [-0.4, -0.2) is 16.3 Å². The first-order valence-corrected chi connectivity index (χ1v) is 6.70. The van der Waals surface area contributed by atoms with Crippen molar-refractivity contribution in [3.05, 3.63) is 29.6 Å². The number of carbonyl (C=O) groups is 1. The Morgan fingerprint density at radius 1 is 1.41 bits per heavy atom. The van der Waals surface area contributed by atoms with Crippen LogP contribution in [0.1, 0.15) is 31.2 Å². The lowest BCUT2D eigenvalue weighted by atomic mass is 9.96. The molecule has 0 bridgehead atoms. The molecule has 4 heteroatoms. The maximum atomic E-state index is 13.8. The highest BCUT2D eigenvalue weighted by Gasteiger charge is 2.51. The second-order valence-corrected chi connectivity index (χ2v) is 6.19. The van der Waals surface area contributed by atoms with Gasteiger partial charge >= 0.3 is 5.97 Å². The molecule has 0 radical (unpaired) electrons. The molecule has 3 rings (SSSR count). The van der Waals surface area contributed by atoms with Crippen molar-refractivity contribution in [1.82, 2.24) is 0 Å². The van der Waals surface area contributed by atoms with E-state index in [1.54, 1.807) is 23.9 Å². The molecule has 0 unspecified atom stereocenters. The molecule has 2 fully saturated rings. The van der Waals surface area contributed by atoms with Crippen LogP contribution in [0.3, 0.4) is 0 Å². The fraction of sp³-hybridized carbons (Fsp3) is 0.462. The van der Waals surface area contributed by atoms with E-state index in [2.05, 4.69) is 0 Å². The van der Waals surface area contributed by atoms with Gasteiger partial charge in [-0.15, -0.1) is 11.8 Å². The molecule has 2 nitrogen and oxygen atoms in total. The van der Waals surface area contributed by atoms with E-state index in [1.165, 1.54) is 6.07 Å². The number of thioether (sulfide) groups is 1. The van der Waals surface area contributed by atoms with Gasteiger partial charge in [0.1, 0.15) is 5.82 Å². The van der Waals surface area contributed by atoms with Gasteiger partial charge in [-0.25, -0.2) is 4.39 Å². The molecule has 0 heterocycles. The van der Waals surface area contributed by atoms with E-state index in [4.69, 9.17) is 5.11 Å². The van der Waals surface area contributed by atoms with Crippen molar-refractivity contribution in [2.24, 2.45) is 0 Å². The fourth-order valence-electron chi connectivity index (χ4n) is 2.01. The topological polar surface area (TPSA) is 37.3 Å². The van der Waals surface area contributed by atoms with E-state index in [1.807, 2.05) is 0 Å². The van der Waals surface area contributed by atoms with E-state index in [9.17, 15) is 9.18 Å². The molecule has 0 aromatic heterocycles. The van der Waals surface area contributed by atoms with Crippen molar-refractivity contribution < 1.29 is 14.3 Å². The van der Waals surface area contributed by atoms with Crippen molar-refractivity contribution in [2.75, 3.05) is 0 Å². The number of benzene rings is 1. The first-order chi connectivity index (χ1) is 8.12. The van der Waals surface area contributed by atoms with Crippen LogP contribution in [0, 0.1) is 5.82 Å². The molecule has 2 aliphatic rings. The third kappa shape index (κ3) is 1.95. The van der Waals surface area contributed by atoms with Gasteiger partial charge in [0.2, 0.25) is 0 Å². The lowest BCUT2D eigenvalue weighted by molar-refractivity contribution is -0.140. The molecule has 2 saturated carbocycles. The van der Waals surface area contributed by atoms with E-state index in [-0.39, 0.29) is 5.82 Å². The quantitative estimate of drug-likeness (QED) is 0.894. The molecule has 1 aromatic rings. The summed E-state index contributed by atoms with van der Waals surface area (Å²) in [7, 11) is 0. The molecule has 0 amide bonds. The first-order valence-electron chi connectivity index (χ1n) is 5.82. The van der Waals surface area contributed by atoms with Crippen molar-refractivity contribution in [3.8, 4) is 0 Å². The largest absolute Gasteiger partial charge is 0.481 e. The highest BCUT2D eigenvalue weighted by molar-refractivity contribution is 8.00. The second kappa shape index (κ2) is 3.73. The van der Waals surface area contributed by atoms with E-state index in [0.717, 1.165) is 12.8 Å². The Balaban J connectivity index is 1.87. The first kappa shape index (κ1) is 11.1. The Morgan fingerprint density at radius 3 is 2.59 bits per heavy atom. The summed E-state index contributed by atoms with van der Waals surface area (Å²) in [5.74, 6) is -1.11. The Morgan fingerprint density at radius 2 is 2.12 bits per heavy atom. The van der Waals surface area contributed by atoms with E-state index < -0.39 is 11.4 Å². The van der Waals surface area contributed by atoms with Gasteiger partial charge in [-0.3, -0.25) is 4.79 Å². The molecule has 0 atom stereocenters. The summed E-state index contributed by atoms with van der Waals surface area (Å²) < 4.78 is 13.8. The summed E-state index contributed by atoms with van der Waals surface area (Å²) >= 11 is 1.56. The van der Waals surface area contributed by atoms with Gasteiger partial charge in [-0.1, -0.05) is 6.07 Å². The minimum Gasteiger partial charge on any atom is -0.481 e. The number of rotatable bonds is 4. The lowest BCUT2D eigenvalue weighted by Crippen LogP contribution is -2.19. The van der Waals surface area contributed by atoms with Crippen LogP contribution in [0.2, 0.25) is 0 Å². The monoisotopic (exact) mass is 252 g/mol. The van der Waals surface area contributed by atoms with Crippen molar-refractivity contribution in [3.63, 3.8) is 0 Å². The van der Waals surface area contributed by atoms with Gasteiger partial charge in [0, 0.05) is 10.1 Å². The van der Waals surface area contributed by atoms with Crippen LogP contribution in [0.15, 0.2) is 23.1 Å². The fourth-order valence-corrected chi connectivity index (χ4v) is 3.06. The van der Waals surface area contributed by atoms with Crippen molar-refractivity contribution in [2.45, 2.75) is 41.2 Å². The zero-order valence-electron chi connectivity index (χ0n) is 9.28. The molecular weight excluding hydrogens is 239 g/mol. The molecular formula is C13H13FO2S. The summed E-state index contributed by atoms with van der Waals surface area (Å²) in [5, 5.41) is 9.71. The molecule has 0 aliphatic heterocycles. The minimum atomic E-state index is -0.834. The van der Waals surface area contributed by atoms with Gasteiger partial charge < -0.3 is 5.11 Å². The number of hydrogen-bond acceptors (Lipinski definition) is 2. The zero-order chi connectivity index (χ0) is 12.0. The van der Waals surface area contributed by atoms with Crippen LogP contribution in [0.5, 0.6) is 0 Å². The van der Waals surface area contributed by atoms with Gasteiger partial charge in [-0.05, 0) is 43.4 Å². The van der Waals surface area contributed by atoms with Crippen LogP contribution < -0.4 is 0 Å². The minimum absolute atomic E-state index is 0.271. The number of carboxylic acids is 1. The lowest BCUT2D eigenvalue weighted by Gasteiger charge is -2.11. The third-order valence-electron chi connectivity index (χ3n) is 3.46. The number of carboxylic acid groups (broad SMARTS) is 1. The summed E-state index contributed by atoms with van der Waals surface area (Å²) in [6, 6.07) is 4.91. The van der Waals surface area contributed by atoms with Crippen molar-refractivity contribution in [1.29, 1.82) is 0 Å². The van der Waals surface area contributed by atoms with Crippen molar-refractivity contribution >= 4 is 17.7 Å². The Hall–Kier alpha value is -1.03. The summed E-state index contributed by atoms with van der Waals surface area (Å²) in [6.45, 7) is 0. The van der Waals surface area contributed by atoms with Crippen LogP contribution in [-0.2, 0) is 10.2 Å². The molecule has 2 aliphatic carbocycles. The molecule has 1 aromatic carbocycles. The predicted molar refractivity (Wildman–Crippen MR) is 63.8 cm³/mol. The summed E-state index contributed by atoms with van der Waals surface area (Å²) in [4.78, 5) is 11.8. The molecule has 0 spiro atoms. The number of hydrogen-bond donors (Lipinski definition) is 1. The SMILES string of the molecule is O=C(O)C1(c2ccc(SC3CC3)c(F)c2)CC1. The summed E-state index contributed by atoms with van der Waals surface area (Å²) in [5.41, 5.74) is -0.188. The van der Waals surface area contributed by atoms with E-state index >= 15 is 0 Å². The van der Waals surface area contributed by atoms with Gasteiger partial charge in [0.25, 0.3) is 0 Å². The average Bonchev–Trinajstić information content (AvgIpc) is 3.14. The normalized spacial score (nSPS) is 21.2. The number of aliphatic carboxylic acids is 1. The standard InChI is InChI=1S/C13H13FO2S/c14-10-7-8(13(5-6-13)12(15)16)1-4-11(10)17-9-2-3-9/h1,4,7,9H,2-3,5-6H2,(H,15,16). The van der Waals surface area contributed by atoms with Gasteiger partial charge in [-0.2, -0.15) is 0 Å². The highest BCUT2D eigenvalue weighted by Crippen LogP contribution is 2.49. The molecule has 90 valence electrons. The maximum absolute atomic E-state index is 13.8. The Bertz CT molecular complexity index is 478. The maximum Gasteiger partial charge on any atom is 0.314 e. The Kier molecular flexibility index (Phi) is 2.43. The molecule has 17 heavy (non-hydrogen) atoms. The summed E-state index contributed by atoms with van der Waals surface area (Å²) in [6.07, 6.45) is 3.56. The van der Waals surface area contributed by atoms with E-state index in [0.29, 0.717) is 28.6 Å². The van der Waals surface area contributed by atoms with Gasteiger partial charge in [0.15, 0.2) is 0 Å². The molecule has 0 saturated heterocycles. The smallest absolute Gasteiger partial charge is 0.314 e. The Labute approximate surface area is 103 Å². The highest BCUT2D eigenvalue weighted by atomic mass is 32.2. The second-order valence-electron chi connectivity index (χ2n) is 4.85. The number of halogens is 1. The third-order valence-corrected chi connectivity index (χ3v) is 4.85. The van der Waals surface area contributed by atoms with Gasteiger partial charge in [0.05, 0.1) is 5.41 Å². The average molecular weight is 252 g/mol.